The minimum Gasteiger partial charge on any atom is -0.343 e. The Morgan fingerprint density at radius 2 is 2.15 bits per heavy atom. The Morgan fingerprint density at radius 3 is 2.85 bits per heavy atom. The maximum absolute atomic E-state index is 11.3. The van der Waals surface area contributed by atoms with E-state index < -0.39 is 0 Å². The SMILES string of the molecule is CC(=O)N1CCC(Cn2ccc3c(Cl)ncnc32)CC1. The van der Waals surface area contributed by atoms with Crippen LogP contribution >= 0.6 is 11.6 Å². The molecule has 1 aliphatic heterocycles. The third kappa shape index (κ3) is 2.50. The summed E-state index contributed by atoms with van der Waals surface area (Å²) in [6.45, 7) is 4.27. The van der Waals surface area contributed by atoms with Crippen molar-refractivity contribution in [1.29, 1.82) is 0 Å². The molecule has 0 atom stereocenters. The summed E-state index contributed by atoms with van der Waals surface area (Å²) in [4.78, 5) is 21.6. The first-order chi connectivity index (χ1) is 9.65. The van der Waals surface area contributed by atoms with Crippen LogP contribution in [0.25, 0.3) is 11.0 Å². The van der Waals surface area contributed by atoms with E-state index in [1.165, 1.54) is 6.33 Å². The highest BCUT2D eigenvalue weighted by Gasteiger charge is 2.21. The summed E-state index contributed by atoms with van der Waals surface area (Å²) in [5.41, 5.74) is 0.888. The number of likely N-dealkylation sites (tertiary alicyclic amines) is 1. The molecule has 0 radical (unpaired) electrons. The zero-order chi connectivity index (χ0) is 14.1. The quantitative estimate of drug-likeness (QED) is 0.798. The second kappa shape index (κ2) is 5.40. The van der Waals surface area contributed by atoms with Crippen LogP contribution in [0.2, 0.25) is 5.15 Å². The summed E-state index contributed by atoms with van der Waals surface area (Å²) in [5, 5.41) is 1.40. The van der Waals surface area contributed by atoms with Crippen LogP contribution in [-0.4, -0.2) is 38.4 Å². The van der Waals surface area contributed by atoms with Crippen LogP contribution in [0, 0.1) is 5.92 Å². The molecule has 0 aromatic carbocycles. The molecular weight excluding hydrogens is 276 g/mol. The first-order valence-corrected chi connectivity index (χ1v) is 7.24. The Morgan fingerprint density at radius 1 is 1.40 bits per heavy atom. The Balaban J connectivity index is 1.72. The molecule has 0 saturated carbocycles. The van der Waals surface area contributed by atoms with Crippen LogP contribution in [0.3, 0.4) is 0 Å². The topological polar surface area (TPSA) is 51.0 Å². The van der Waals surface area contributed by atoms with Gasteiger partial charge >= 0.3 is 0 Å². The van der Waals surface area contributed by atoms with Gasteiger partial charge in [0.15, 0.2) is 0 Å². The number of aromatic nitrogens is 3. The summed E-state index contributed by atoms with van der Waals surface area (Å²) in [7, 11) is 0. The van der Waals surface area contributed by atoms with Crippen molar-refractivity contribution in [2.45, 2.75) is 26.3 Å². The molecule has 3 rings (SSSR count). The van der Waals surface area contributed by atoms with E-state index in [0.717, 1.165) is 43.5 Å². The van der Waals surface area contributed by atoms with Crippen molar-refractivity contribution in [1.82, 2.24) is 19.4 Å². The summed E-state index contributed by atoms with van der Waals surface area (Å²) < 4.78 is 2.14. The van der Waals surface area contributed by atoms with E-state index in [1.807, 2.05) is 17.2 Å². The molecule has 0 spiro atoms. The average Bonchev–Trinajstić information content (AvgIpc) is 2.84. The molecule has 6 heteroatoms. The van der Waals surface area contributed by atoms with E-state index in [9.17, 15) is 4.79 Å². The first kappa shape index (κ1) is 13.4. The second-order valence-electron chi connectivity index (χ2n) is 5.32. The van der Waals surface area contributed by atoms with Gasteiger partial charge in [-0.25, -0.2) is 9.97 Å². The van der Waals surface area contributed by atoms with Gasteiger partial charge in [-0.2, -0.15) is 0 Å². The molecule has 106 valence electrons. The monoisotopic (exact) mass is 292 g/mol. The largest absolute Gasteiger partial charge is 0.343 e. The van der Waals surface area contributed by atoms with Crippen molar-refractivity contribution < 1.29 is 4.79 Å². The molecule has 1 aliphatic rings. The van der Waals surface area contributed by atoms with Gasteiger partial charge in [-0.1, -0.05) is 11.6 Å². The number of rotatable bonds is 2. The Labute approximate surface area is 122 Å². The third-order valence-corrected chi connectivity index (χ3v) is 4.32. The highest BCUT2D eigenvalue weighted by molar-refractivity contribution is 6.33. The van der Waals surface area contributed by atoms with Gasteiger partial charge in [-0.05, 0) is 24.8 Å². The smallest absolute Gasteiger partial charge is 0.219 e. The maximum Gasteiger partial charge on any atom is 0.219 e. The van der Waals surface area contributed by atoms with Gasteiger partial charge in [0.1, 0.15) is 17.1 Å². The molecule has 2 aromatic heterocycles. The molecule has 2 aromatic rings. The second-order valence-corrected chi connectivity index (χ2v) is 5.68. The van der Waals surface area contributed by atoms with Crippen LogP contribution in [0.15, 0.2) is 18.6 Å². The minimum atomic E-state index is 0.175. The van der Waals surface area contributed by atoms with Crippen molar-refractivity contribution in [3.8, 4) is 0 Å². The van der Waals surface area contributed by atoms with E-state index in [1.54, 1.807) is 6.92 Å². The van der Waals surface area contributed by atoms with Crippen molar-refractivity contribution in [3.63, 3.8) is 0 Å². The van der Waals surface area contributed by atoms with E-state index >= 15 is 0 Å². The Hall–Kier alpha value is -1.62. The van der Waals surface area contributed by atoms with Gasteiger partial charge in [0.05, 0.1) is 5.39 Å². The van der Waals surface area contributed by atoms with Gasteiger partial charge in [0.2, 0.25) is 5.91 Å². The van der Waals surface area contributed by atoms with Crippen molar-refractivity contribution >= 4 is 28.5 Å². The summed E-state index contributed by atoms with van der Waals surface area (Å²) in [6, 6.07) is 1.96. The lowest BCUT2D eigenvalue weighted by Crippen LogP contribution is -2.37. The molecule has 20 heavy (non-hydrogen) atoms. The van der Waals surface area contributed by atoms with Crippen LogP contribution in [0.5, 0.6) is 0 Å². The maximum atomic E-state index is 11.3. The highest BCUT2D eigenvalue weighted by atomic mass is 35.5. The standard InChI is InChI=1S/C14H17ClN4O/c1-10(20)18-5-2-11(3-6-18)8-19-7-4-12-13(15)16-9-17-14(12)19/h4,7,9,11H,2-3,5-6,8H2,1H3. The number of hydrogen-bond donors (Lipinski definition) is 0. The third-order valence-electron chi connectivity index (χ3n) is 4.02. The van der Waals surface area contributed by atoms with Crippen LogP contribution in [0.4, 0.5) is 0 Å². The summed E-state index contributed by atoms with van der Waals surface area (Å²) in [5.74, 6) is 0.754. The van der Waals surface area contributed by atoms with Gasteiger partial charge < -0.3 is 9.47 Å². The Kier molecular flexibility index (Phi) is 3.61. The Bertz CT molecular complexity index is 631. The number of halogens is 1. The number of carbonyl (C=O) groups is 1. The lowest BCUT2D eigenvalue weighted by atomic mass is 9.97. The fraction of sp³-hybridized carbons (Fsp3) is 0.500. The average molecular weight is 293 g/mol. The van der Waals surface area contributed by atoms with Crippen LogP contribution in [0.1, 0.15) is 19.8 Å². The number of carbonyl (C=O) groups excluding carboxylic acids is 1. The summed E-state index contributed by atoms with van der Waals surface area (Å²) in [6.07, 6.45) is 5.60. The highest BCUT2D eigenvalue weighted by Crippen LogP contribution is 2.24. The fourth-order valence-corrected chi connectivity index (χ4v) is 3.02. The van der Waals surface area contributed by atoms with Gasteiger partial charge in [0.25, 0.3) is 0 Å². The molecule has 1 fully saturated rings. The van der Waals surface area contributed by atoms with Gasteiger partial charge in [0, 0.05) is 32.8 Å². The number of fused-ring (bicyclic) bond motifs is 1. The fourth-order valence-electron chi connectivity index (χ4n) is 2.83. The predicted octanol–water partition coefficient (Wildman–Crippen LogP) is 2.34. The van der Waals surface area contributed by atoms with E-state index in [0.29, 0.717) is 11.1 Å². The predicted molar refractivity (Wildman–Crippen MR) is 77.5 cm³/mol. The van der Waals surface area contributed by atoms with Crippen molar-refractivity contribution in [2.75, 3.05) is 13.1 Å². The van der Waals surface area contributed by atoms with E-state index in [-0.39, 0.29) is 5.91 Å². The van der Waals surface area contributed by atoms with Crippen LogP contribution in [-0.2, 0) is 11.3 Å². The van der Waals surface area contributed by atoms with Crippen molar-refractivity contribution in [2.24, 2.45) is 5.92 Å². The van der Waals surface area contributed by atoms with Crippen molar-refractivity contribution in [3.05, 3.63) is 23.7 Å². The summed E-state index contributed by atoms with van der Waals surface area (Å²) >= 11 is 6.06. The molecular formula is C14H17ClN4O. The first-order valence-electron chi connectivity index (χ1n) is 6.86. The number of nitrogens with zero attached hydrogens (tertiary/aromatic N) is 4. The zero-order valence-corrected chi connectivity index (χ0v) is 12.2. The van der Waals surface area contributed by atoms with Gasteiger partial charge in [-0.3, -0.25) is 4.79 Å². The molecule has 0 bridgehead atoms. The van der Waals surface area contributed by atoms with E-state index in [4.69, 9.17) is 11.6 Å². The molecule has 1 saturated heterocycles. The van der Waals surface area contributed by atoms with E-state index in [2.05, 4.69) is 14.5 Å². The number of hydrogen-bond acceptors (Lipinski definition) is 3. The zero-order valence-electron chi connectivity index (χ0n) is 11.4. The molecule has 5 nitrogen and oxygen atoms in total. The van der Waals surface area contributed by atoms with Crippen LogP contribution < -0.4 is 0 Å². The normalized spacial score (nSPS) is 16.8. The molecule has 0 N–H and O–H groups in total. The molecule has 3 heterocycles. The number of amides is 1. The van der Waals surface area contributed by atoms with Gasteiger partial charge in [-0.15, -0.1) is 0 Å². The molecule has 0 aliphatic carbocycles. The molecule has 0 unspecified atom stereocenters. The minimum absolute atomic E-state index is 0.175. The molecule has 1 amide bonds. The lowest BCUT2D eigenvalue weighted by Gasteiger charge is -2.31. The lowest BCUT2D eigenvalue weighted by molar-refractivity contribution is -0.130. The number of piperidine rings is 1.